The minimum absolute atomic E-state index is 0.0700. The second-order valence-electron chi connectivity index (χ2n) is 6.73. The van der Waals surface area contributed by atoms with Crippen molar-refractivity contribution in [3.8, 4) is 5.75 Å². The lowest BCUT2D eigenvalue weighted by atomic mass is 10.2. The molecule has 0 aromatic heterocycles. The zero-order chi connectivity index (χ0) is 20.8. The van der Waals surface area contributed by atoms with Crippen molar-refractivity contribution in [2.45, 2.75) is 31.9 Å². The predicted octanol–water partition coefficient (Wildman–Crippen LogP) is 4.37. The molecule has 0 spiro atoms. The Hall–Kier alpha value is -2.80. The number of benzene rings is 2. The van der Waals surface area contributed by atoms with Crippen molar-refractivity contribution in [2.24, 2.45) is 4.99 Å². The van der Waals surface area contributed by atoms with Gasteiger partial charge in [-0.1, -0.05) is 49.0 Å². The number of nitrogens with one attached hydrogen (secondary N) is 1. The lowest BCUT2D eigenvalue weighted by Gasteiger charge is -2.15. The van der Waals surface area contributed by atoms with Gasteiger partial charge < -0.3 is 10.1 Å². The van der Waals surface area contributed by atoms with E-state index >= 15 is 0 Å². The van der Waals surface area contributed by atoms with Crippen LogP contribution in [0, 0.1) is 6.92 Å². The van der Waals surface area contributed by atoms with E-state index in [0.717, 1.165) is 17.7 Å². The van der Waals surface area contributed by atoms with Crippen molar-refractivity contribution in [1.29, 1.82) is 0 Å². The summed E-state index contributed by atoms with van der Waals surface area (Å²) in [7, 11) is 1.55. The average molecular weight is 412 g/mol. The number of thioether (sulfide) groups is 1. The molecule has 1 atom stereocenters. The summed E-state index contributed by atoms with van der Waals surface area (Å²) in [5.74, 6) is 0.286. The third-order valence-electron chi connectivity index (χ3n) is 4.55. The normalized spacial score (nSPS) is 17.6. The van der Waals surface area contributed by atoms with E-state index in [1.807, 2.05) is 50.2 Å². The molecule has 3 rings (SSSR count). The summed E-state index contributed by atoms with van der Waals surface area (Å²) in [5, 5.41) is 3.01. The van der Waals surface area contributed by atoms with Gasteiger partial charge in [-0.15, -0.1) is 0 Å². The number of carbonyl (C=O) groups is 2. The van der Waals surface area contributed by atoms with E-state index < -0.39 is 5.25 Å². The SMILES string of the molecule is CCCN1C(=O)[C@H](CC(=O)Nc2ccccc2OC)SC1=Nc1ccccc1C. The largest absolute Gasteiger partial charge is 0.495 e. The number of methoxy groups -OCH3 is 1. The molecule has 29 heavy (non-hydrogen) atoms. The fourth-order valence-corrected chi connectivity index (χ4v) is 4.24. The minimum atomic E-state index is -0.487. The van der Waals surface area contributed by atoms with Crippen LogP contribution in [0.5, 0.6) is 5.75 Å². The van der Waals surface area contributed by atoms with Gasteiger partial charge in [0.25, 0.3) is 0 Å². The molecule has 0 saturated carbocycles. The van der Waals surface area contributed by atoms with E-state index in [1.54, 1.807) is 24.1 Å². The standard InChI is InChI=1S/C22H25N3O3S/c1-4-13-25-21(27)19(29-22(25)24-16-10-6-5-9-15(16)2)14-20(26)23-17-11-7-8-12-18(17)28-3/h5-12,19H,4,13-14H2,1-3H3,(H,23,26)/t19-/m0/s1. The number of rotatable bonds is 7. The van der Waals surface area contributed by atoms with E-state index in [4.69, 9.17) is 9.73 Å². The summed E-state index contributed by atoms with van der Waals surface area (Å²) in [6.45, 7) is 4.59. The molecule has 7 heteroatoms. The Labute approximate surface area is 175 Å². The molecule has 1 saturated heterocycles. The second kappa shape index (κ2) is 9.60. The first-order valence-electron chi connectivity index (χ1n) is 9.58. The number of carbonyl (C=O) groups excluding carboxylic acids is 2. The maximum Gasteiger partial charge on any atom is 0.242 e. The molecule has 2 aromatic rings. The zero-order valence-corrected chi connectivity index (χ0v) is 17.7. The molecule has 0 unspecified atom stereocenters. The lowest BCUT2D eigenvalue weighted by Crippen LogP contribution is -2.34. The molecular formula is C22H25N3O3S. The Kier molecular flexibility index (Phi) is 6.93. The molecular weight excluding hydrogens is 386 g/mol. The number of ether oxygens (including phenoxy) is 1. The smallest absolute Gasteiger partial charge is 0.242 e. The van der Waals surface area contributed by atoms with Crippen LogP contribution in [0.1, 0.15) is 25.3 Å². The summed E-state index contributed by atoms with van der Waals surface area (Å²) in [6, 6.07) is 15.0. The molecule has 152 valence electrons. The molecule has 1 fully saturated rings. The second-order valence-corrected chi connectivity index (χ2v) is 7.90. The van der Waals surface area contributed by atoms with Gasteiger partial charge in [0.15, 0.2) is 5.17 Å². The van der Waals surface area contributed by atoms with Crippen LogP contribution in [0.4, 0.5) is 11.4 Å². The summed E-state index contributed by atoms with van der Waals surface area (Å²) in [6.07, 6.45) is 0.897. The lowest BCUT2D eigenvalue weighted by molar-refractivity contribution is -0.128. The van der Waals surface area contributed by atoms with Crippen molar-refractivity contribution in [3.05, 3.63) is 54.1 Å². The summed E-state index contributed by atoms with van der Waals surface area (Å²) >= 11 is 1.35. The van der Waals surface area contributed by atoms with Crippen LogP contribution in [0.2, 0.25) is 0 Å². The molecule has 2 aromatic carbocycles. The van der Waals surface area contributed by atoms with Gasteiger partial charge in [0.2, 0.25) is 11.8 Å². The van der Waals surface area contributed by atoms with E-state index in [1.165, 1.54) is 11.8 Å². The molecule has 0 bridgehead atoms. The van der Waals surface area contributed by atoms with Crippen LogP contribution < -0.4 is 10.1 Å². The third-order valence-corrected chi connectivity index (χ3v) is 5.73. The number of aliphatic imine (C=N–C) groups is 1. The first kappa shape index (κ1) is 20.9. The van der Waals surface area contributed by atoms with E-state index in [-0.39, 0.29) is 18.2 Å². The van der Waals surface area contributed by atoms with Gasteiger partial charge in [-0.2, -0.15) is 0 Å². The highest BCUT2D eigenvalue weighted by atomic mass is 32.2. The number of nitrogens with zero attached hydrogens (tertiary/aromatic N) is 2. The number of aryl methyl sites for hydroxylation is 1. The Bertz CT molecular complexity index is 929. The fourth-order valence-electron chi connectivity index (χ4n) is 3.06. The maximum atomic E-state index is 12.9. The van der Waals surface area contributed by atoms with Crippen LogP contribution in [0.3, 0.4) is 0 Å². The number of anilines is 1. The van der Waals surface area contributed by atoms with Crippen LogP contribution in [0.15, 0.2) is 53.5 Å². The van der Waals surface area contributed by atoms with Crippen molar-refractivity contribution < 1.29 is 14.3 Å². The van der Waals surface area contributed by atoms with Gasteiger partial charge in [0.05, 0.1) is 18.5 Å². The van der Waals surface area contributed by atoms with Crippen molar-refractivity contribution in [2.75, 3.05) is 19.0 Å². The predicted molar refractivity (Wildman–Crippen MR) is 118 cm³/mol. The highest BCUT2D eigenvalue weighted by molar-refractivity contribution is 8.15. The first-order chi connectivity index (χ1) is 14.0. The fraction of sp³-hybridized carbons (Fsp3) is 0.318. The molecule has 1 heterocycles. The van der Waals surface area contributed by atoms with Crippen LogP contribution in [-0.2, 0) is 9.59 Å². The van der Waals surface area contributed by atoms with Crippen LogP contribution in [0.25, 0.3) is 0 Å². The highest BCUT2D eigenvalue weighted by Gasteiger charge is 2.38. The summed E-state index contributed by atoms with van der Waals surface area (Å²) < 4.78 is 5.27. The van der Waals surface area contributed by atoms with Crippen molar-refractivity contribution in [1.82, 2.24) is 4.90 Å². The van der Waals surface area contributed by atoms with E-state index in [2.05, 4.69) is 5.32 Å². The molecule has 0 aliphatic carbocycles. The number of amides is 2. The molecule has 6 nitrogen and oxygen atoms in total. The monoisotopic (exact) mass is 411 g/mol. The maximum absolute atomic E-state index is 12.9. The molecule has 1 aliphatic rings. The van der Waals surface area contributed by atoms with Gasteiger partial charge in [0.1, 0.15) is 11.0 Å². The number of para-hydroxylation sites is 3. The molecule has 2 amide bonds. The molecule has 1 aliphatic heterocycles. The van der Waals surface area contributed by atoms with Gasteiger partial charge in [-0.3, -0.25) is 14.5 Å². The number of hydrogen-bond acceptors (Lipinski definition) is 5. The van der Waals surface area contributed by atoms with Gasteiger partial charge in [0, 0.05) is 13.0 Å². The van der Waals surface area contributed by atoms with Crippen LogP contribution in [-0.4, -0.2) is 40.8 Å². The average Bonchev–Trinajstić information content (AvgIpc) is 2.99. The van der Waals surface area contributed by atoms with Gasteiger partial charge >= 0.3 is 0 Å². The summed E-state index contributed by atoms with van der Waals surface area (Å²) in [5.41, 5.74) is 2.47. The molecule has 1 N–H and O–H groups in total. The van der Waals surface area contributed by atoms with Gasteiger partial charge in [-0.05, 0) is 37.1 Å². The van der Waals surface area contributed by atoms with Gasteiger partial charge in [-0.25, -0.2) is 4.99 Å². The van der Waals surface area contributed by atoms with E-state index in [9.17, 15) is 9.59 Å². The topological polar surface area (TPSA) is 71.0 Å². The van der Waals surface area contributed by atoms with Crippen LogP contribution >= 0.6 is 11.8 Å². The zero-order valence-electron chi connectivity index (χ0n) is 16.8. The Balaban J connectivity index is 1.75. The number of amidine groups is 1. The third kappa shape index (κ3) is 4.98. The highest BCUT2D eigenvalue weighted by Crippen LogP contribution is 2.33. The quantitative estimate of drug-likeness (QED) is 0.734. The van der Waals surface area contributed by atoms with E-state index in [0.29, 0.717) is 23.1 Å². The summed E-state index contributed by atoms with van der Waals surface area (Å²) in [4.78, 5) is 31.9. The molecule has 0 radical (unpaired) electrons. The van der Waals surface area contributed by atoms with Crippen molar-refractivity contribution >= 4 is 40.1 Å². The Morgan fingerprint density at radius 1 is 1.21 bits per heavy atom. The minimum Gasteiger partial charge on any atom is -0.495 e. The first-order valence-corrected chi connectivity index (χ1v) is 10.5. The number of hydrogen-bond donors (Lipinski definition) is 1. The Morgan fingerprint density at radius 3 is 2.66 bits per heavy atom. The van der Waals surface area contributed by atoms with Crippen molar-refractivity contribution in [3.63, 3.8) is 0 Å². The Morgan fingerprint density at radius 2 is 1.93 bits per heavy atom.